The van der Waals surface area contributed by atoms with E-state index in [1.54, 1.807) is 6.07 Å². The number of aliphatic imine (C=N–C) groups is 1. The average molecular weight is 172 g/mol. The molecule has 0 N–H and O–H groups in total. The maximum Gasteiger partial charge on any atom is 0.224 e. The highest BCUT2D eigenvalue weighted by molar-refractivity contribution is 7.78. The zero-order valence-corrected chi connectivity index (χ0v) is 6.35. The minimum atomic E-state index is 0.159. The molecule has 1 heterocycles. The van der Waals surface area contributed by atoms with Crippen molar-refractivity contribution in [3.05, 3.63) is 17.5 Å². The first kappa shape index (κ1) is 7.28. The molecule has 0 bridgehead atoms. The highest BCUT2D eigenvalue weighted by atomic mass is 35.5. The van der Waals surface area contributed by atoms with Crippen LogP contribution in [0.5, 0.6) is 0 Å². The summed E-state index contributed by atoms with van der Waals surface area (Å²) < 4.78 is 0. The first-order chi connectivity index (χ1) is 4.83. The van der Waals surface area contributed by atoms with Gasteiger partial charge in [-0.25, -0.2) is 4.98 Å². The molecule has 0 aliphatic carbocycles. The molecule has 50 valence electrons. The maximum atomic E-state index is 5.44. The lowest BCUT2D eigenvalue weighted by Gasteiger charge is -1.87. The van der Waals surface area contributed by atoms with E-state index >= 15 is 0 Å². The van der Waals surface area contributed by atoms with Gasteiger partial charge in [-0.1, -0.05) is 0 Å². The molecule has 0 saturated heterocycles. The van der Waals surface area contributed by atoms with Gasteiger partial charge in [-0.3, -0.25) is 0 Å². The quantitative estimate of drug-likeness (QED) is 0.368. The molecule has 0 spiro atoms. The van der Waals surface area contributed by atoms with Gasteiger partial charge in [0.05, 0.1) is 5.16 Å². The molecule has 0 amide bonds. The van der Waals surface area contributed by atoms with Gasteiger partial charge in [-0.2, -0.15) is 9.98 Å². The molecule has 0 unspecified atom stereocenters. The SMILES string of the molecule is S=C=Nc1ccnc(Cl)n1. The van der Waals surface area contributed by atoms with Crippen LogP contribution in [-0.4, -0.2) is 15.1 Å². The number of aromatic nitrogens is 2. The fraction of sp³-hybridized carbons (Fsp3) is 0. The summed E-state index contributed by atoms with van der Waals surface area (Å²) in [6, 6.07) is 1.59. The summed E-state index contributed by atoms with van der Waals surface area (Å²) in [4.78, 5) is 11.0. The Morgan fingerprint density at radius 2 is 2.50 bits per heavy atom. The molecule has 1 rings (SSSR count). The predicted molar refractivity (Wildman–Crippen MR) is 41.7 cm³/mol. The Bertz CT molecular complexity index is 282. The van der Waals surface area contributed by atoms with Gasteiger partial charge in [0.2, 0.25) is 5.28 Å². The highest BCUT2D eigenvalue weighted by Gasteiger charge is 1.90. The lowest BCUT2D eigenvalue weighted by molar-refractivity contribution is 1.15. The molecule has 0 radical (unpaired) electrons. The zero-order valence-electron chi connectivity index (χ0n) is 4.78. The minimum Gasteiger partial charge on any atom is -0.226 e. The van der Waals surface area contributed by atoms with Gasteiger partial charge >= 0.3 is 0 Å². The molecule has 0 aliphatic heterocycles. The number of rotatable bonds is 1. The van der Waals surface area contributed by atoms with Crippen LogP contribution in [-0.2, 0) is 0 Å². The third kappa shape index (κ3) is 1.84. The lowest BCUT2D eigenvalue weighted by Crippen LogP contribution is -1.78. The van der Waals surface area contributed by atoms with Gasteiger partial charge < -0.3 is 0 Å². The summed E-state index contributed by atoms with van der Waals surface area (Å²) in [5.74, 6) is 0.426. The van der Waals surface area contributed by atoms with Crippen LogP contribution in [0.3, 0.4) is 0 Å². The Balaban J connectivity index is 3.06. The van der Waals surface area contributed by atoms with Crippen LogP contribution in [0.15, 0.2) is 17.3 Å². The van der Waals surface area contributed by atoms with E-state index in [4.69, 9.17) is 11.6 Å². The predicted octanol–water partition coefficient (Wildman–Crippen LogP) is 1.86. The number of halogens is 1. The van der Waals surface area contributed by atoms with Gasteiger partial charge in [-0.15, -0.1) is 0 Å². The smallest absolute Gasteiger partial charge is 0.224 e. The maximum absolute atomic E-state index is 5.44. The second kappa shape index (κ2) is 3.37. The summed E-state index contributed by atoms with van der Waals surface area (Å²) >= 11 is 9.79. The van der Waals surface area contributed by atoms with E-state index in [1.165, 1.54) is 6.20 Å². The van der Waals surface area contributed by atoms with Gasteiger partial charge in [0.15, 0.2) is 5.82 Å². The number of hydrogen-bond donors (Lipinski definition) is 0. The van der Waals surface area contributed by atoms with Crippen molar-refractivity contribution >= 4 is 34.8 Å². The van der Waals surface area contributed by atoms with Crippen LogP contribution in [0.2, 0.25) is 5.28 Å². The van der Waals surface area contributed by atoms with E-state index in [1.807, 2.05) is 0 Å². The molecule has 0 saturated carbocycles. The topological polar surface area (TPSA) is 38.1 Å². The van der Waals surface area contributed by atoms with Crippen LogP contribution >= 0.6 is 23.8 Å². The second-order valence-corrected chi connectivity index (χ2v) is 1.91. The van der Waals surface area contributed by atoms with Crippen molar-refractivity contribution in [2.45, 2.75) is 0 Å². The largest absolute Gasteiger partial charge is 0.226 e. The Kier molecular flexibility index (Phi) is 2.45. The summed E-state index contributed by atoms with van der Waals surface area (Å²) in [5, 5.41) is 2.33. The molecular formula is C5H2ClN3S. The van der Waals surface area contributed by atoms with Crippen molar-refractivity contribution in [3.63, 3.8) is 0 Å². The third-order valence-electron chi connectivity index (χ3n) is 0.772. The molecule has 3 nitrogen and oxygen atoms in total. The normalized spacial score (nSPS) is 8.50. The van der Waals surface area contributed by atoms with Gasteiger partial charge in [0.25, 0.3) is 0 Å². The van der Waals surface area contributed by atoms with Crippen molar-refractivity contribution in [3.8, 4) is 0 Å². The molecule has 0 aliphatic rings. The first-order valence-electron chi connectivity index (χ1n) is 2.39. The van der Waals surface area contributed by atoms with E-state index in [-0.39, 0.29) is 5.28 Å². The van der Waals surface area contributed by atoms with Crippen LogP contribution in [0.1, 0.15) is 0 Å². The van der Waals surface area contributed by atoms with E-state index < -0.39 is 0 Å². The molecule has 0 aromatic carbocycles. The van der Waals surface area contributed by atoms with Crippen LogP contribution in [0.25, 0.3) is 0 Å². The summed E-state index contributed by atoms with van der Waals surface area (Å²) in [7, 11) is 0. The number of nitrogens with zero attached hydrogens (tertiary/aromatic N) is 3. The standard InChI is InChI=1S/C5H2ClN3S/c6-5-7-2-1-4(9-5)8-3-10/h1-2H. The molecular weight excluding hydrogens is 170 g/mol. The fourth-order valence-corrected chi connectivity index (χ4v) is 0.672. The van der Waals surface area contributed by atoms with E-state index in [0.29, 0.717) is 5.82 Å². The number of thiocarbonyl (C=S) groups is 1. The summed E-state index contributed by atoms with van der Waals surface area (Å²) in [6.07, 6.45) is 1.50. The van der Waals surface area contributed by atoms with Gasteiger partial charge in [-0.05, 0) is 23.8 Å². The Morgan fingerprint density at radius 3 is 3.10 bits per heavy atom. The number of isothiocyanates is 1. The van der Waals surface area contributed by atoms with E-state index in [2.05, 4.69) is 32.3 Å². The Hall–Kier alpha value is -0.830. The van der Waals surface area contributed by atoms with Crippen molar-refractivity contribution in [2.24, 2.45) is 4.99 Å². The van der Waals surface area contributed by atoms with Crippen molar-refractivity contribution < 1.29 is 0 Å². The van der Waals surface area contributed by atoms with Crippen LogP contribution < -0.4 is 0 Å². The van der Waals surface area contributed by atoms with E-state index in [9.17, 15) is 0 Å². The second-order valence-electron chi connectivity index (χ2n) is 1.39. The molecule has 0 atom stereocenters. The van der Waals surface area contributed by atoms with E-state index in [0.717, 1.165) is 0 Å². The minimum absolute atomic E-state index is 0.159. The molecule has 0 fully saturated rings. The molecule has 10 heavy (non-hydrogen) atoms. The monoisotopic (exact) mass is 171 g/mol. The fourth-order valence-electron chi connectivity index (χ4n) is 0.435. The van der Waals surface area contributed by atoms with Crippen molar-refractivity contribution in [1.29, 1.82) is 0 Å². The Morgan fingerprint density at radius 1 is 1.70 bits per heavy atom. The van der Waals surface area contributed by atoms with Crippen molar-refractivity contribution in [1.82, 2.24) is 9.97 Å². The van der Waals surface area contributed by atoms with Crippen molar-refractivity contribution in [2.75, 3.05) is 0 Å². The third-order valence-corrected chi connectivity index (χ3v) is 1.05. The summed E-state index contributed by atoms with van der Waals surface area (Å²) in [6.45, 7) is 0. The molecule has 1 aromatic rings. The molecule has 1 aromatic heterocycles. The number of hydrogen-bond acceptors (Lipinski definition) is 4. The van der Waals surface area contributed by atoms with Gasteiger partial charge in [0, 0.05) is 12.3 Å². The van der Waals surface area contributed by atoms with Crippen LogP contribution in [0, 0.1) is 0 Å². The first-order valence-corrected chi connectivity index (χ1v) is 3.18. The van der Waals surface area contributed by atoms with Gasteiger partial charge in [0.1, 0.15) is 0 Å². The Labute approximate surface area is 67.8 Å². The summed E-state index contributed by atoms with van der Waals surface area (Å²) in [5.41, 5.74) is 0. The lowest BCUT2D eigenvalue weighted by atomic mass is 10.6. The molecule has 5 heteroatoms. The highest BCUT2D eigenvalue weighted by Crippen LogP contribution is 2.07. The van der Waals surface area contributed by atoms with Crippen LogP contribution in [0.4, 0.5) is 5.82 Å². The average Bonchev–Trinajstić information content (AvgIpc) is 1.88. The zero-order chi connectivity index (χ0) is 7.40.